The number of hydrogen-bond acceptors (Lipinski definition) is 4. The molecule has 49 heavy (non-hydrogen) atoms. The van der Waals surface area contributed by atoms with Crippen LogP contribution in [0.4, 0.5) is 0 Å². The average molecular weight is 900 g/mol. The van der Waals surface area contributed by atoms with Gasteiger partial charge in [0.25, 0.3) is 0 Å². The summed E-state index contributed by atoms with van der Waals surface area (Å²) in [7, 11) is 0. The fraction of sp³-hybridized carbons (Fsp3) is 0.442. The van der Waals surface area contributed by atoms with E-state index in [1.807, 2.05) is 47.7 Å². The van der Waals surface area contributed by atoms with Crippen LogP contribution in [0.25, 0.3) is 44.0 Å². The van der Waals surface area contributed by atoms with E-state index in [1.165, 1.54) is 21.4 Å². The van der Waals surface area contributed by atoms with Gasteiger partial charge in [0, 0.05) is 37.0 Å². The number of aliphatic hydroxyl groups excluding tert-OH is 1. The molecule has 2 heterocycles. The molecule has 1 N–H and O–H groups in total. The van der Waals surface area contributed by atoms with Crippen molar-refractivity contribution >= 4 is 56.2 Å². The first kappa shape index (κ1) is 40.7. The molecule has 0 amide bonds. The summed E-state index contributed by atoms with van der Waals surface area (Å²) >= 11 is -1.94. The third kappa shape index (κ3) is 8.60. The Kier molecular flexibility index (Phi) is 13.0. The molecule has 0 unspecified atom stereocenters. The molecule has 265 valence electrons. The average Bonchev–Trinajstić information content (AvgIpc) is 3.44. The van der Waals surface area contributed by atoms with Gasteiger partial charge in [0.1, 0.15) is 5.76 Å². The standard InChI is InChI=1S/C28H28GeNO.C15H28O2.Ir/c1-28(2,3)24-16-19(15-18-9-7-8-10-21(18)24)26-27-23(13-14-30-26)22-12-11-20(29(4,5)6)17-25(22)31-27;1-7-14(5,8-2)12(16)11-13(17)15(6,9-3)10-4;/h7-14,16-17H,1-6H3;11,16H,7-10H2,1-6H3;/q-1;;/b;12-11-;. The van der Waals surface area contributed by atoms with E-state index in [0.29, 0.717) is 0 Å². The summed E-state index contributed by atoms with van der Waals surface area (Å²) in [5.74, 6) is 7.52. The number of benzene rings is 3. The minimum absolute atomic E-state index is 0. The third-order valence-corrected chi connectivity index (χ3v) is 15.0. The molecule has 4 nitrogen and oxygen atoms in total. The number of nitrogens with zero attached hydrogens (tertiary/aromatic N) is 1. The van der Waals surface area contributed by atoms with Gasteiger partial charge in [-0.2, -0.15) is 0 Å². The molecule has 0 bridgehead atoms. The maximum absolute atomic E-state index is 12.2. The quantitative estimate of drug-likeness (QED) is 0.0693. The number of carbonyl (C=O) groups excluding carboxylic acids is 1. The van der Waals surface area contributed by atoms with Crippen LogP contribution in [0.15, 0.2) is 77.0 Å². The Hall–Kier alpha value is -2.73. The zero-order valence-electron chi connectivity index (χ0n) is 31.7. The summed E-state index contributed by atoms with van der Waals surface area (Å²) in [6.45, 7) is 18.9. The third-order valence-electron chi connectivity index (χ3n) is 10.7. The van der Waals surface area contributed by atoms with Crippen LogP contribution in [0, 0.1) is 16.9 Å². The SMILES string of the molecule is CC(C)(C)c1cc(-c2nccc3c2oc2c[c]([Ge]([CH3])([CH3])[CH3])ccc23)[c-]c2ccccc12.CCC(C)(CC)C(=O)/C=C(\O)C(C)(CC)CC.[Ir]. The van der Waals surface area contributed by atoms with Gasteiger partial charge in [0.2, 0.25) is 0 Å². The number of allylic oxidation sites excluding steroid dienone is 2. The smallest absolute Gasteiger partial charge is 0.164 e. The molecule has 5 aromatic rings. The number of aliphatic hydroxyl groups is 1. The van der Waals surface area contributed by atoms with Crippen molar-refractivity contribution < 1.29 is 34.4 Å². The van der Waals surface area contributed by atoms with Gasteiger partial charge in [-0.3, -0.25) is 4.79 Å². The van der Waals surface area contributed by atoms with Crippen LogP contribution in [-0.4, -0.2) is 29.1 Å². The van der Waals surface area contributed by atoms with Gasteiger partial charge in [-0.25, -0.2) is 0 Å². The zero-order chi connectivity index (χ0) is 35.7. The van der Waals surface area contributed by atoms with Gasteiger partial charge in [-0.1, -0.05) is 41.5 Å². The molecule has 0 saturated heterocycles. The van der Waals surface area contributed by atoms with E-state index in [0.717, 1.165) is 64.3 Å². The monoisotopic (exact) mass is 901 g/mol. The second kappa shape index (κ2) is 15.7. The molecule has 0 aliphatic heterocycles. The normalized spacial score (nSPS) is 12.9. The van der Waals surface area contributed by atoms with Gasteiger partial charge in [-0.15, -0.1) is 0 Å². The maximum atomic E-state index is 12.2. The summed E-state index contributed by atoms with van der Waals surface area (Å²) in [4.78, 5) is 16.9. The molecular formula is C43H56GeIrNO3-. The van der Waals surface area contributed by atoms with Gasteiger partial charge in [-0.05, 0) is 25.7 Å². The molecule has 0 atom stereocenters. The number of pyridine rings is 1. The molecule has 0 aliphatic carbocycles. The summed E-state index contributed by atoms with van der Waals surface area (Å²) < 4.78 is 7.91. The van der Waals surface area contributed by atoms with E-state index in [2.05, 4.69) is 98.7 Å². The van der Waals surface area contributed by atoms with Crippen LogP contribution in [0.1, 0.15) is 93.6 Å². The first-order valence-electron chi connectivity index (χ1n) is 17.7. The molecule has 0 spiro atoms. The fourth-order valence-electron chi connectivity index (χ4n) is 6.02. The van der Waals surface area contributed by atoms with Crippen molar-refractivity contribution in [2.45, 2.75) is 111 Å². The van der Waals surface area contributed by atoms with E-state index in [4.69, 9.17) is 9.40 Å². The molecule has 0 fully saturated rings. The molecule has 5 rings (SSSR count). The predicted octanol–water partition coefficient (Wildman–Crippen LogP) is 12.1. The van der Waals surface area contributed by atoms with Crippen molar-refractivity contribution in [1.82, 2.24) is 4.98 Å². The maximum Gasteiger partial charge on any atom is 0.164 e. The van der Waals surface area contributed by atoms with Crippen molar-refractivity contribution in [3.8, 4) is 11.3 Å². The van der Waals surface area contributed by atoms with Crippen LogP contribution >= 0.6 is 0 Å². The van der Waals surface area contributed by atoms with Gasteiger partial charge in [0.05, 0.1) is 0 Å². The van der Waals surface area contributed by atoms with Gasteiger partial charge < -0.3 is 5.11 Å². The number of ketones is 1. The largest absolute Gasteiger partial charge is 0.512 e. The second-order valence-electron chi connectivity index (χ2n) is 15.9. The van der Waals surface area contributed by atoms with Crippen LogP contribution in [0.3, 0.4) is 0 Å². The van der Waals surface area contributed by atoms with Crippen LogP contribution in [0.5, 0.6) is 0 Å². The first-order chi connectivity index (χ1) is 22.4. The Morgan fingerprint density at radius 2 is 1.45 bits per heavy atom. The number of carbonyl (C=O) groups is 1. The fourth-order valence-corrected chi connectivity index (χ4v) is 8.43. The van der Waals surface area contributed by atoms with E-state index in [9.17, 15) is 9.90 Å². The molecule has 0 aliphatic rings. The molecule has 0 saturated carbocycles. The molecular weight excluding hydrogens is 843 g/mol. The van der Waals surface area contributed by atoms with Crippen molar-refractivity contribution in [3.63, 3.8) is 0 Å². The topological polar surface area (TPSA) is 63.3 Å². The van der Waals surface area contributed by atoms with Gasteiger partial charge >= 0.3 is 187 Å². The van der Waals surface area contributed by atoms with E-state index >= 15 is 0 Å². The Balaban J connectivity index is 0.000000312. The summed E-state index contributed by atoms with van der Waals surface area (Å²) in [5.41, 5.74) is 4.37. The first-order valence-corrected chi connectivity index (χ1v) is 25.0. The summed E-state index contributed by atoms with van der Waals surface area (Å²) in [6.07, 6.45) is 6.65. The molecule has 2 aromatic heterocycles. The van der Waals surface area contributed by atoms with Crippen molar-refractivity contribution in [2.75, 3.05) is 0 Å². The Bertz CT molecular complexity index is 1950. The van der Waals surface area contributed by atoms with Crippen molar-refractivity contribution in [2.24, 2.45) is 10.8 Å². The number of aromatic nitrogens is 1. The Morgan fingerprint density at radius 3 is 2.02 bits per heavy atom. The minimum atomic E-state index is -1.94. The van der Waals surface area contributed by atoms with Crippen LogP contribution in [0.2, 0.25) is 17.3 Å². The molecule has 6 heteroatoms. The minimum Gasteiger partial charge on any atom is -0.512 e. The van der Waals surface area contributed by atoms with Crippen LogP contribution in [-0.2, 0) is 30.3 Å². The zero-order valence-corrected chi connectivity index (χ0v) is 36.2. The Morgan fingerprint density at radius 1 is 0.837 bits per heavy atom. The summed E-state index contributed by atoms with van der Waals surface area (Å²) in [5, 5.41) is 14.8. The van der Waals surface area contributed by atoms with E-state index in [-0.39, 0.29) is 47.9 Å². The van der Waals surface area contributed by atoms with Crippen molar-refractivity contribution in [1.29, 1.82) is 0 Å². The van der Waals surface area contributed by atoms with E-state index in [1.54, 1.807) is 0 Å². The Labute approximate surface area is 310 Å². The van der Waals surface area contributed by atoms with Gasteiger partial charge in [0.15, 0.2) is 5.78 Å². The van der Waals surface area contributed by atoms with Crippen molar-refractivity contribution in [3.05, 3.63) is 84.3 Å². The number of rotatable bonds is 9. The molecule has 3 aromatic carbocycles. The molecule has 1 radical (unpaired) electrons. The number of fused-ring (bicyclic) bond motifs is 4. The van der Waals surface area contributed by atoms with Crippen LogP contribution < -0.4 is 4.40 Å². The number of furan rings is 1. The summed E-state index contributed by atoms with van der Waals surface area (Å²) in [6, 6.07) is 23.2. The number of hydrogen-bond donors (Lipinski definition) is 1. The predicted molar refractivity (Wildman–Crippen MR) is 208 cm³/mol. The second-order valence-corrected chi connectivity index (χ2v) is 26.6. The van der Waals surface area contributed by atoms with E-state index < -0.39 is 13.3 Å².